The molecule has 0 saturated heterocycles. The Hall–Kier alpha value is -3.34. The molecule has 0 saturated carbocycles. The summed E-state index contributed by atoms with van der Waals surface area (Å²) >= 11 is 0. The van der Waals surface area contributed by atoms with E-state index in [0.717, 1.165) is 22.4 Å². The van der Waals surface area contributed by atoms with Crippen LogP contribution in [0.5, 0.6) is 0 Å². The minimum absolute atomic E-state index is 0.357. The molecule has 0 fully saturated rings. The van der Waals surface area contributed by atoms with E-state index in [2.05, 4.69) is 9.97 Å². The standard InChI is InChI=1S/C18H10N2O3/c1-2-7-14-12(6-1)19-17(22-14)18-20-16-11(13-9-4-10-21-13)5-3-8-15(16)23-18/h1-10H. The van der Waals surface area contributed by atoms with Gasteiger partial charge in [-0.05, 0) is 36.4 Å². The van der Waals surface area contributed by atoms with Crippen molar-refractivity contribution in [3.05, 3.63) is 60.9 Å². The van der Waals surface area contributed by atoms with Gasteiger partial charge in [-0.1, -0.05) is 18.2 Å². The smallest absolute Gasteiger partial charge is 0.284 e. The van der Waals surface area contributed by atoms with Crippen LogP contribution < -0.4 is 0 Å². The normalized spacial score (nSPS) is 11.5. The molecule has 0 spiro atoms. The lowest BCUT2D eigenvalue weighted by atomic mass is 10.1. The highest BCUT2D eigenvalue weighted by atomic mass is 16.4. The average molecular weight is 302 g/mol. The molecule has 5 nitrogen and oxygen atoms in total. The number of aromatic nitrogens is 2. The Kier molecular flexibility index (Phi) is 2.43. The SMILES string of the molecule is c1coc(-c2cccc3oc(-c4nc5ccccc5o4)nc23)c1. The third-order valence-electron chi connectivity index (χ3n) is 3.68. The molecule has 0 atom stereocenters. The number of hydrogen-bond acceptors (Lipinski definition) is 5. The van der Waals surface area contributed by atoms with Crippen LogP contribution in [0.15, 0.2) is 74.1 Å². The van der Waals surface area contributed by atoms with Crippen molar-refractivity contribution in [3.8, 4) is 23.1 Å². The largest absolute Gasteiger partial charge is 0.464 e. The minimum atomic E-state index is 0.357. The van der Waals surface area contributed by atoms with Crippen LogP contribution >= 0.6 is 0 Å². The minimum Gasteiger partial charge on any atom is -0.464 e. The fourth-order valence-corrected chi connectivity index (χ4v) is 2.63. The van der Waals surface area contributed by atoms with Crippen LogP contribution in [-0.2, 0) is 0 Å². The van der Waals surface area contributed by atoms with E-state index in [9.17, 15) is 0 Å². The first-order valence-corrected chi connectivity index (χ1v) is 7.18. The topological polar surface area (TPSA) is 65.2 Å². The van der Waals surface area contributed by atoms with Crippen LogP contribution in [0.1, 0.15) is 0 Å². The predicted molar refractivity (Wildman–Crippen MR) is 84.7 cm³/mol. The third kappa shape index (κ3) is 1.87. The molecule has 5 aromatic rings. The molecule has 3 heterocycles. The number of benzene rings is 2. The highest BCUT2D eigenvalue weighted by molar-refractivity contribution is 5.90. The van der Waals surface area contributed by atoms with Gasteiger partial charge in [0.25, 0.3) is 11.8 Å². The maximum absolute atomic E-state index is 5.81. The van der Waals surface area contributed by atoms with Crippen LogP contribution in [-0.4, -0.2) is 9.97 Å². The quantitative estimate of drug-likeness (QED) is 0.464. The second-order valence-corrected chi connectivity index (χ2v) is 5.14. The molecule has 110 valence electrons. The van der Waals surface area contributed by atoms with E-state index in [1.807, 2.05) is 54.6 Å². The summed E-state index contributed by atoms with van der Waals surface area (Å²) in [4.78, 5) is 8.98. The second-order valence-electron chi connectivity index (χ2n) is 5.14. The van der Waals surface area contributed by atoms with Gasteiger partial charge in [0.1, 0.15) is 16.8 Å². The molecule has 3 aromatic heterocycles. The van der Waals surface area contributed by atoms with Gasteiger partial charge in [-0.3, -0.25) is 0 Å². The number of hydrogen-bond donors (Lipinski definition) is 0. The molecule has 0 aliphatic heterocycles. The lowest BCUT2D eigenvalue weighted by Crippen LogP contribution is -1.78. The monoisotopic (exact) mass is 302 g/mol. The van der Waals surface area contributed by atoms with Crippen LogP contribution in [0.3, 0.4) is 0 Å². The van der Waals surface area contributed by atoms with Gasteiger partial charge >= 0.3 is 0 Å². The Labute approximate surface area is 130 Å². The fraction of sp³-hybridized carbons (Fsp3) is 0. The Morgan fingerprint density at radius 2 is 1.52 bits per heavy atom. The van der Waals surface area contributed by atoms with Gasteiger partial charge in [0.05, 0.1) is 6.26 Å². The highest BCUT2D eigenvalue weighted by Gasteiger charge is 2.17. The van der Waals surface area contributed by atoms with Crippen LogP contribution in [0.2, 0.25) is 0 Å². The van der Waals surface area contributed by atoms with E-state index in [4.69, 9.17) is 13.3 Å². The maximum atomic E-state index is 5.81. The summed E-state index contributed by atoms with van der Waals surface area (Å²) in [6.45, 7) is 0. The molecule has 0 aliphatic rings. The number of fused-ring (bicyclic) bond motifs is 2. The number of rotatable bonds is 2. The predicted octanol–water partition coefficient (Wildman–Crippen LogP) is 4.90. The van der Waals surface area contributed by atoms with Crippen LogP contribution in [0, 0.1) is 0 Å². The van der Waals surface area contributed by atoms with Crippen molar-refractivity contribution < 1.29 is 13.3 Å². The van der Waals surface area contributed by atoms with Crippen molar-refractivity contribution in [2.75, 3.05) is 0 Å². The van der Waals surface area contributed by atoms with Gasteiger partial charge in [0.15, 0.2) is 11.2 Å². The number of oxazole rings is 2. The van der Waals surface area contributed by atoms with Crippen molar-refractivity contribution in [1.29, 1.82) is 0 Å². The van der Waals surface area contributed by atoms with Crippen molar-refractivity contribution >= 4 is 22.2 Å². The molecule has 0 aliphatic carbocycles. The summed E-state index contributed by atoms with van der Waals surface area (Å²) in [6.07, 6.45) is 1.63. The van der Waals surface area contributed by atoms with Gasteiger partial charge < -0.3 is 13.3 Å². The summed E-state index contributed by atoms with van der Waals surface area (Å²) in [7, 11) is 0. The molecule has 0 unspecified atom stereocenters. The van der Waals surface area contributed by atoms with E-state index in [-0.39, 0.29) is 0 Å². The molecular formula is C18H10N2O3. The molecule has 0 bridgehead atoms. The Morgan fingerprint density at radius 3 is 2.39 bits per heavy atom. The first-order valence-electron chi connectivity index (χ1n) is 7.18. The highest BCUT2D eigenvalue weighted by Crippen LogP contribution is 2.32. The molecule has 5 rings (SSSR count). The number of furan rings is 1. The summed E-state index contributed by atoms with van der Waals surface area (Å²) in [5, 5.41) is 0. The molecule has 5 heteroatoms. The molecule has 0 amide bonds. The van der Waals surface area contributed by atoms with Crippen molar-refractivity contribution in [2.24, 2.45) is 0 Å². The van der Waals surface area contributed by atoms with E-state index in [1.54, 1.807) is 6.26 Å². The fourth-order valence-electron chi connectivity index (χ4n) is 2.63. The first kappa shape index (κ1) is 12.2. The zero-order valence-electron chi connectivity index (χ0n) is 11.9. The van der Waals surface area contributed by atoms with Crippen LogP contribution in [0.25, 0.3) is 45.3 Å². The zero-order valence-corrected chi connectivity index (χ0v) is 11.9. The molecule has 2 aromatic carbocycles. The summed E-state index contributed by atoms with van der Waals surface area (Å²) in [6, 6.07) is 17.0. The number of nitrogens with zero attached hydrogens (tertiary/aromatic N) is 2. The molecule has 0 N–H and O–H groups in total. The molecule has 23 heavy (non-hydrogen) atoms. The van der Waals surface area contributed by atoms with Crippen molar-refractivity contribution in [1.82, 2.24) is 9.97 Å². The molecule has 0 radical (unpaired) electrons. The Morgan fingerprint density at radius 1 is 0.696 bits per heavy atom. The summed E-state index contributed by atoms with van der Waals surface area (Å²) in [5.74, 6) is 1.47. The summed E-state index contributed by atoms with van der Waals surface area (Å²) < 4.78 is 17.0. The van der Waals surface area contributed by atoms with Gasteiger partial charge in [-0.2, -0.15) is 0 Å². The first-order chi connectivity index (χ1) is 11.4. The van der Waals surface area contributed by atoms with Crippen molar-refractivity contribution in [2.45, 2.75) is 0 Å². The molecular weight excluding hydrogens is 292 g/mol. The number of para-hydroxylation sites is 3. The second kappa shape index (κ2) is 4.58. The zero-order chi connectivity index (χ0) is 15.2. The third-order valence-corrected chi connectivity index (χ3v) is 3.68. The Balaban J connectivity index is 1.72. The Bertz CT molecular complexity index is 1090. The van der Waals surface area contributed by atoms with Gasteiger partial charge in [-0.25, -0.2) is 9.97 Å². The lowest BCUT2D eigenvalue weighted by molar-refractivity contribution is 0.550. The van der Waals surface area contributed by atoms with Crippen molar-refractivity contribution in [3.63, 3.8) is 0 Å². The maximum Gasteiger partial charge on any atom is 0.284 e. The van der Waals surface area contributed by atoms with Gasteiger partial charge in [-0.15, -0.1) is 0 Å². The lowest BCUT2D eigenvalue weighted by Gasteiger charge is -1.95. The van der Waals surface area contributed by atoms with E-state index in [0.29, 0.717) is 22.9 Å². The summed E-state index contributed by atoms with van der Waals surface area (Å²) in [5.41, 5.74) is 3.74. The van der Waals surface area contributed by atoms with Gasteiger partial charge in [0, 0.05) is 5.56 Å². The van der Waals surface area contributed by atoms with Crippen LogP contribution in [0.4, 0.5) is 0 Å². The van der Waals surface area contributed by atoms with E-state index < -0.39 is 0 Å². The van der Waals surface area contributed by atoms with Gasteiger partial charge in [0.2, 0.25) is 0 Å². The van der Waals surface area contributed by atoms with E-state index >= 15 is 0 Å². The van der Waals surface area contributed by atoms with E-state index in [1.165, 1.54) is 0 Å². The average Bonchev–Trinajstić information content (AvgIpc) is 3.31.